The van der Waals surface area contributed by atoms with E-state index in [9.17, 15) is 17.6 Å². The van der Waals surface area contributed by atoms with Gasteiger partial charge in [-0.25, -0.2) is 17.8 Å². The molecular formula is C23H18FN3O4S2. The molecule has 0 saturated carbocycles. The Hall–Kier alpha value is -3.76. The molecule has 33 heavy (non-hydrogen) atoms. The van der Waals surface area contributed by atoms with Gasteiger partial charge in [0.15, 0.2) is 0 Å². The van der Waals surface area contributed by atoms with Gasteiger partial charge in [0.1, 0.15) is 18.2 Å². The summed E-state index contributed by atoms with van der Waals surface area (Å²) in [7, 11) is -3.91. The second-order valence-electron chi connectivity index (χ2n) is 6.89. The minimum Gasteiger partial charge on any atom is -0.487 e. The van der Waals surface area contributed by atoms with Gasteiger partial charge in [-0.2, -0.15) is 0 Å². The molecule has 0 aliphatic carbocycles. The highest BCUT2D eigenvalue weighted by molar-refractivity contribution is 7.92. The number of halogens is 1. The van der Waals surface area contributed by atoms with E-state index in [0.29, 0.717) is 23.6 Å². The molecule has 0 saturated heterocycles. The fraction of sp³-hybridized carbons (Fsp3) is 0.0435. The van der Waals surface area contributed by atoms with Crippen LogP contribution in [-0.4, -0.2) is 19.3 Å². The number of hydrogen-bond acceptors (Lipinski definition) is 6. The molecule has 0 bridgehead atoms. The summed E-state index contributed by atoms with van der Waals surface area (Å²) >= 11 is 1.48. The van der Waals surface area contributed by atoms with Crippen molar-refractivity contribution >= 4 is 38.6 Å². The number of benzene rings is 3. The average molecular weight is 484 g/mol. The molecule has 2 N–H and O–H groups in total. The summed E-state index contributed by atoms with van der Waals surface area (Å²) in [5.74, 6) is -0.394. The van der Waals surface area contributed by atoms with E-state index < -0.39 is 15.8 Å². The van der Waals surface area contributed by atoms with Gasteiger partial charge in [0, 0.05) is 16.6 Å². The molecule has 3 aromatic carbocycles. The van der Waals surface area contributed by atoms with E-state index >= 15 is 0 Å². The average Bonchev–Trinajstić information content (AvgIpc) is 3.32. The van der Waals surface area contributed by atoms with Crippen molar-refractivity contribution in [3.05, 3.63) is 101 Å². The SMILES string of the molecule is O=C(Nc1ccc(S(=O)(=O)Nc2cccc(F)c2)cc1)c1cccc(OCc2cscn2)c1. The van der Waals surface area contributed by atoms with Gasteiger partial charge in [-0.3, -0.25) is 9.52 Å². The van der Waals surface area contributed by atoms with Gasteiger partial charge in [-0.05, 0) is 60.7 Å². The predicted molar refractivity (Wildman–Crippen MR) is 124 cm³/mol. The van der Waals surface area contributed by atoms with Crippen LogP contribution >= 0.6 is 11.3 Å². The summed E-state index contributed by atoms with van der Waals surface area (Å²) in [5, 5.41) is 4.60. The highest BCUT2D eigenvalue weighted by atomic mass is 32.2. The van der Waals surface area contributed by atoms with Crippen LogP contribution in [0.25, 0.3) is 0 Å². The first-order valence-electron chi connectivity index (χ1n) is 9.69. The molecule has 0 atom stereocenters. The van der Waals surface area contributed by atoms with Crippen LogP contribution in [0, 0.1) is 5.82 Å². The molecule has 4 rings (SSSR count). The van der Waals surface area contributed by atoms with Crippen LogP contribution in [0.3, 0.4) is 0 Å². The molecule has 0 radical (unpaired) electrons. The number of hydrogen-bond donors (Lipinski definition) is 2. The smallest absolute Gasteiger partial charge is 0.261 e. The fourth-order valence-electron chi connectivity index (χ4n) is 2.88. The van der Waals surface area contributed by atoms with Gasteiger partial charge in [0.2, 0.25) is 0 Å². The van der Waals surface area contributed by atoms with Gasteiger partial charge < -0.3 is 10.1 Å². The lowest BCUT2D eigenvalue weighted by molar-refractivity contribution is 0.102. The highest BCUT2D eigenvalue weighted by Gasteiger charge is 2.15. The van der Waals surface area contributed by atoms with E-state index in [4.69, 9.17) is 4.74 Å². The Bertz CT molecular complexity index is 1360. The van der Waals surface area contributed by atoms with Crippen molar-refractivity contribution in [2.45, 2.75) is 11.5 Å². The lowest BCUT2D eigenvalue weighted by atomic mass is 10.2. The Morgan fingerprint density at radius 2 is 1.79 bits per heavy atom. The first-order valence-corrected chi connectivity index (χ1v) is 12.1. The van der Waals surface area contributed by atoms with E-state index in [0.717, 1.165) is 11.8 Å². The Morgan fingerprint density at radius 3 is 2.52 bits per heavy atom. The molecule has 7 nitrogen and oxygen atoms in total. The second kappa shape index (κ2) is 9.80. The molecule has 0 fully saturated rings. The lowest BCUT2D eigenvalue weighted by Crippen LogP contribution is -2.14. The largest absolute Gasteiger partial charge is 0.487 e. The van der Waals surface area contributed by atoms with Crippen LogP contribution in [0.1, 0.15) is 16.1 Å². The Kier molecular flexibility index (Phi) is 6.66. The number of nitrogens with one attached hydrogen (secondary N) is 2. The monoisotopic (exact) mass is 483 g/mol. The normalized spacial score (nSPS) is 11.1. The van der Waals surface area contributed by atoms with E-state index in [-0.39, 0.29) is 16.5 Å². The molecule has 0 aliphatic rings. The third-order valence-corrected chi connectivity index (χ3v) is 6.50. The number of thiazole rings is 1. The van der Waals surface area contributed by atoms with Crippen LogP contribution < -0.4 is 14.8 Å². The summed E-state index contributed by atoms with van der Waals surface area (Å²) in [6.45, 7) is 0.300. The number of ether oxygens (including phenoxy) is 1. The van der Waals surface area contributed by atoms with Crippen molar-refractivity contribution in [3.8, 4) is 5.75 Å². The molecule has 168 valence electrons. The van der Waals surface area contributed by atoms with E-state index in [2.05, 4.69) is 15.0 Å². The van der Waals surface area contributed by atoms with Crippen LogP contribution in [-0.2, 0) is 16.6 Å². The number of anilines is 2. The molecule has 10 heteroatoms. The van der Waals surface area contributed by atoms with Crippen LogP contribution in [0.4, 0.5) is 15.8 Å². The van der Waals surface area contributed by atoms with Crippen LogP contribution in [0.2, 0.25) is 0 Å². The Morgan fingerprint density at radius 1 is 1.00 bits per heavy atom. The molecule has 1 heterocycles. The zero-order chi connectivity index (χ0) is 23.3. The summed E-state index contributed by atoms with van der Waals surface area (Å²) in [4.78, 5) is 16.7. The topological polar surface area (TPSA) is 97.4 Å². The zero-order valence-electron chi connectivity index (χ0n) is 17.1. The van der Waals surface area contributed by atoms with Gasteiger partial charge >= 0.3 is 0 Å². The zero-order valence-corrected chi connectivity index (χ0v) is 18.7. The molecule has 1 amide bonds. The maximum Gasteiger partial charge on any atom is 0.261 e. The van der Waals surface area contributed by atoms with E-state index in [1.807, 2.05) is 5.38 Å². The third kappa shape index (κ3) is 5.93. The number of sulfonamides is 1. The molecule has 4 aromatic rings. The summed E-state index contributed by atoms with van der Waals surface area (Å²) in [6.07, 6.45) is 0. The van der Waals surface area contributed by atoms with Gasteiger partial charge in [-0.15, -0.1) is 11.3 Å². The maximum atomic E-state index is 13.3. The van der Waals surface area contributed by atoms with Crippen molar-refractivity contribution in [2.24, 2.45) is 0 Å². The Labute approximate surface area is 193 Å². The second-order valence-corrected chi connectivity index (χ2v) is 9.29. The van der Waals surface area contributed by atoms with E-state index in [1.165, 1.54) is 53.8 Å². The van der Waals surface area contributed by atoms with Crippen LogP contribution in [0.15, 0.2) is 88.6 Å². The number of carbonyl (C=O) groups is 1. The molecule has 0 unspecified atom stereocenters. The summed E-state index contributed by atoms with van der Waals surface area (Å²) < 4.78 is 46.3. The van der Waals surface area contributed by atoms with Gasteiger partial charge in [0.25, 0.3) is 15.9 Å². The van der Waals surface area contributed by atoms with Crippen molar-refractivity contribution in [1.82, 2.24) is 4.98 Å². The maximum absolute atomic E-state index is 13.3. The standard InChI is InChI=1S/C23H18FN3O4S2/c24-17-4-2-5-19(12-17)27-33(29,30)22-9-7-18(8-10-22)26-23(28)16-3-1-6-21(11-16)31-13-20-14-32-15-25-20/h1-12,14-15,27H,13H2,(H,26,28). The number of carbonyl (C=O) groups excluding carboxylic acids is 1. The van der Waals surface area contributed by atoms with Crippen molar-refractivity contribution in [3.63, 3.8) is 0 Å². The molecule has 0 aliphatic heterocycles. The fourth-order valence-corrected chi connectivity index (χ4v) is 4.47. The van der Waals surface area contributed by atoms with Crippen LogP contribution in [0.5, 0.6) is 5.75 Å². The van der Waals surface area contributed by atoms with Gasteiger partial charge in [0.05, 0.1) is 21.8 Å². The van der Waals surface area contributed by atoms with Gasteiger partial charge in [-0.1, -0.05) is 12.1 Å². The minimum atomic E-state index is -3.91. The predicted octanol–water partition coefficient (Wildman–Crippen LogP) is 4.91. The Balaban J connectivity index is 1.40. The molecule has 1 aromatic heterocycles. The molecule has 0 spiro atoms. The van der Waals surface area contributed by atoms with E-state index in [1.54, 1.807) is 29.8 Å². The van der Waals surface area contributed by atoms with Crippen molar-refractivity contribution < 1.29 is 22.3 Å². The molecular weight excluding hydrogens is 465 g/mol. The summed E-state index contributed by atoms with van der Waals surface area (Å²) in [5.41, 5.74) is 3.44. The minimum absolute atomic E-state index is 0.0257. The summed E-state index contributed by atoms with van der Waals surface area (Å²) in [6, 6.07) is 17.5. The first-order chi connectivity index (χ1) is 15.9. The number of rotatable bonds is 8. The quantitative estimate of drug-likeness (QED) is 0.371. The lowest BCUT2D eigenvalue weighted by Gasteiger charge is -2.10. The number of nitrogens with zero attached hydrogens (tertiary/aromatic N) is 1. The first kappa shape index (κ1) is 22.4. The highest BCUT2D eigenvalue weighted by Crippen LogP contribution is 2.20. The number of aromatic nitrogens is 1. The number of amides is 1. The van der Waals surface area contributed by atoms with Crippen molar-refractivity contribution in [2.75, 3.05) is 10.0 Å². The third-order valence-electron chi connectivity index (χ3n) is 4.47. The van der Waals surface area contributed by atoms with Crippen molar-refractivity contribution in [1.29, 1.82) is 0 Å².